The molecule has 1 aliphatic heterocycles. The lowest BCUT2D eigenvalue weighted by atomic mass is 9.98. The summed E-state index contributed by atoms with van der Waals surface area (Å²) in [4.78, 5) is 0. The Kier molecular flexibility index (Phi) is 3.93. The van der Waals surface area contributed by atoms with E-state index in [1.54, 1.807) is 6.07 Å². The maximum atomic E-state index is 13.5. The Morgan fingerprint density at radius 1 is 1.50 bits per heavy atom. The van der Waals surface area contributed by atoms with Crippen molar-refractivity contribution in [3.8, 4) is 0 Å². The van der Waals surface area contributed by atoms with E-state index in [1.165, 1.54) is 5.56 Å². The van der Waals surface area contributed by atoms with Gasteiger partial charge in [-0.05, 0) is 46.6 Å². The second kappa shape index (κ2) is 5.07. The van der Waals surface area contributed by atoms with E-state index in [-0.39, 0.29) is 5.82 Å². The fourth-order valence-corrected chi connectivity index (χ4v) is 3.88. The van der Waals surface area contributed by atoms with Gasteiger partial charge in [0.05, 0.1) is 4.47 Å². The molecular formula is C12H15BrFNS. The number of rotatable bonds is 1. The van der Waals surface area contributed by atoms with Crippen LogP contribution in [-0.2, 0) is 5.75 Å². The van der Waals surface area contributed by atoms with Gasteiger partial charge in [-0.1, -0.05) is 13.0 Å². The molecule has 1 nitrogen and oxygen atoms in total. The molecule has 1 aromatic carbocycles. The molecule has 0 saturated heterocycles. The molecule has 4 heteroatoms. The second-order valence-electron chi connectivity index (χ2n) is 4.13. The van der Waals surface area contributed by atoms with E-state index in [0.717, 1.165) is 17.7 Å². The molecule has 0 saturated carbocycles. The minimum Gasteiger partial charge on any atom is -0.313 e. The zero-order valence-electron chi connectivity index (χ0n) is 9.39. The van der Waals surface area contributed by atoms with Gasteiger partial charge in [-0.25, -0.2) is 4.39 Å². The van der Waals surface area contributed by atoms with Gasteiger partial charge in [-0.3, -0.25) is 0 Å². The van der Waals surface area contributed by atoms with Crippen LogP contribution in [0.2, 0.25) is 0 Å². The molecule has 1 heterocycles. The van der Waals surface area contributed by atoms with Crippen molar-refractivity contribution in [2.45, 2.75) is 30.4 Å². The number of benzene rings is 1. The zero-order chi connectivity index (χ0) is 11.7. The van der Waals surface area contributed by atoms with E-state index in [2.05, 4.69) is 28.2 Å². The summed E-state index contributed by atoms with van der Waals surface area (Å²) in [5.41, 5.74) is 2.33. The summed E-state index contributed by atoms with van der Waals surface area (Å²) in [6.45, 7) is 2.23. The van der Waals surface area contributed by atoms with Crippen LogP contribution in [0.5, 0.6) is 0 Å². The van der Waals surface area contributed by atoms with Crippen molar-refractivity contribution < 1.29 is 4.39 Å². The standard InChI is InChI=1S/C12H15BrFNS/c1-7-5-11(15-2)8-3-4-10(14)12(13)9(8)6-16-7/h3-4,7,11,15H,5-6H2,1-2H3. The number of hydrogen-bond acceptors (Lipinski definition) is 2. The van der Waals surface area contributed by atoms with Crippen molar-refractivity contribution in [3.05, 3.63) is 33.5 Å². The number of nitrogens with one attached hydrogen (secondary N) is 1. The first-order chi connectivity index (χ1) is 7.63. The van der Waals surface area contributed by atoms with Gasteiger partial charge in [0, 0.05) is 17.0 Å². The topological polar surface area (TPSA) is 12.0 Å². The smallest absolute Gasteiger partial charge is 0.137 e. The van der Waals surface area contributed by atoms with Crippen molar-refractivity contribution in [3.63, 3.8) is 0 Å². The van der Waals surface area contributed by atoms with Crippen LogP contribution in [0.4, 0.5) is 4.39 Å². The number of halogens is 2. The van der Waals surface area contributed by atoms with Gasteiger partial charge in [0.25, 0.3) is 0 Å². The zero-order valence-corrected chi connectivity index (χ0v) is 11.8. The molecule has 1 N–H and O–H groups in total. The first-order valence-electron chi connectivity index (χ1n) is 5.39. The van der Waals surface area contributed by atoms with Crippen LogP contribution in [0.1, 0.15) is 30.5 Å². The Morgan fingerprint density at radius 3 is 2.94 bits per heavy atom. The SMILES string of the molecule is CNC1CC(C)SCc2c1ccc(F)c2Br. The lowest BCUT2D eigenvalue weighted by molar-refractivity contribution is 0.546. The largest absolute Gasteiger partial charge is 0.313 e. The lowest BCUT2D eigenvalue weighted by Crippen LogP contribution is -2.19. The number of hydrogen-bond donors (Lipinski definition) is 1. The molecule has 0 bridgehead atoms. The van der Waals surface area contributed by atoms with E-state index in [1.807, 2.05) is 24.9 Å². The van der Waals surface area contributed by atoms with Crippen LogP contribution in [0.3, 0.4) is 0 Å². The highest BCUT2D eigenvalue weighted by Crippen LogP contribution is 2.38. The summed E-state index contributed by atoms with van der Waals surface area (Å²) >= 11 is 5.25. The Balaban J connectivity index is 2.48. The van der Waals surface area contributed by atoms with Crippen molar-refractivity contribution >= 4 is 27.7 Å². The Morgan fingerprint density at radius 2 is 2.25 bits per heavy atom. The van der Waals surface area contributed by atoms with Gasteiger partial charge >= 0.3 is 0 Å². The molecule has 0 fully saturated rings. The van der Waals surface area contributed by atoms with E-state index < -0.39 is 0 Å². The van der Waals surface area contributed by atoms with Crippen LogP contribution in [0.15, 0.2) is 16.6 Å². The monoisotopic (exact) mass is 303 g/mol. The first-order valence-corrected chi connectivity index (χ1v) is 7.23. The van der Waals surface area contributed by atoms with Crippen molar-refractivity contribution in [2.24, 2.45) is 0 Å². The fourth-order valence-electron chi connectivity index (χ4n) is 2.11. The molecule has 0 aromatic heterocycles. The summed E-state index contributed by atoms with van der Waals surface area (Å²) in [6, 6.07) is 3.79. The minimum absolute atomic E-state index is 0.163. The van der Waals surface area contributed by atoms with Crippen LogP contribution >= 0.6 is 27.7 Å². The van der Waals surface area contributed by atoms with Crippen LogP contribution in [-0.4, -0.2) is 12.3 Å². The highest BCUT2D eigenvalue weighted by molar-refractivity contribution is 9.10. The second-order valence-corrected chi connectivity index (χ2v) is 6.35. The quantitative estimate of drug-likeness (QED) is 0.845. The van der Waals surface area contributed by atoms with E-state index in [0.29, 0.717) is 15.8 Å². The predicted molar refractivity (Wildman–Crippen MR) is 71.3 cm³/mol. The van der Waals surface area contributed by atoms with Gasteiger partial charge in [0.1, 0.15) is 5.82 Å². The highest BCUT2D eigenvalue weighted by atomic mass is 79.9. The van der Waals surface area contributed by atoms with Gasteiger partial charge < -0.3 is 5.32 Å². The van der Waals surface area contributed by atoms with E-state index in [4.69, 9.17) is 0 Å². The van der Waals surface area contributed by atoms with E-state index in [9.17, 15) is 4.39 Å². The molecule has 2 rings (SSSR count). The maximum absolute atomic E-state index is 13.5. The van der Waals surface area contributed by atoms with Crippen molar-refractivity contribution in [1.82, 2.24) is 5.32 Å². The molecule has 0 aliphatic carbocycles. The van der Waals surface area contributed by atoms with Gasteiger partial charge in [0.15, 0.2) is 0 Å². The van der Waals surface area contributed by atoms with E-state index >= 15 is 0 Å². The molecule has 0 spiro atoms. The molecule has 2 atom stereocenters. The fraction of sp³-hybridized carbons (Fsp3) is 0.500. The Labute approximate surface area is 108 Å². The summed E-state index contributed by atoms with van der Waals surface area (Å²) < 4.78 is 14.1. The molecule has 1 aliphatic rings. The van der Waals surface area contributed by atoms with Crippen LogP contribution in [0, 0.1) is 5.82 Å². The molecule has 0 radical (unpaired) electrons. The summed E-state index contributed by atoms with van der Waals surface area (Å²) in [7, 11) is 1.97. The lowest BCUT2D eigenvalue weighted by Gasteiger charge is -2.18. The predicted octanol–water partition coefficient (Wildman–Crippen LogP) is 3.87. The Hall–Kier alpha value is -0.0600. The maximum Gasteiger partial charge on any atom is 0.137 e. The first kappa shape index (κ1) is 12.4. The third-order valence-corrected chi connectivity index (χ3v) is 5.11. The van der Waals surface area contributed by atoms with Crippen LogP contribution in [0.25, 0.3) is 0 Å². The van der Waals surface area contributed by atoms with Crippen LogP contribution < -0.4 is 5.32 Å². The molecule has 0 amide bonds. The van der Waals surface area contributed by atoms with Crippen molar-refractivity contribution in [1.29, 1.82) is 0 Å². The summed E-state index contributed by atoms with van der Waals surface area (Å²) in [5, 5.41) is 3.92. The summed E-state index contributed by atoms with van der Waals surface area (Å²) in [5.74, 6) is 0.719. The third-order valence-electron chi connectivity index (χ3n) is 3.04. The molecule has 1 aromatic rings. The normalized spacial score (nSPS) is 25.0. The van der Waals surface area contributed by atoms with Gasteiger partial charge in [-0.15, -0.1) is 0 Å². The Bertz CT molecular complexity index is 397. The number of fused-ring (bicyclic) bond motifs is 1. The minimum atomic E-state index is -0.163. The third kappa shape index (κ3) is 2.29. The average molecular weight is 304 g/mol. The van der Waals surface area contributed by atoms with Crippen molar-refractivity contribution in [2.75, 3.05) is 7.05 Å². The molecule has 2 unspecified atom stereocenters. The molecular weight excluding hydrogens is 289 g/mol. The number of thioether (sulfide) groups is 1. The molecule has 88 valence electrons. The average Bonchev–Trinajstić information content (AvgIpc) is 2.43. The highest BCUT2D eigenvalue weighted by Gasteiger charge is 2.24. The van der Waals surface area contributed by atoms with Gasteiger partial charge in [-0.2, -0.15) is 11.8 Å². The van der Waals surface area contributed by atoms with Gasteiger partial charge in [0.2, 0.25) is 0 Å². The summed E-state index contributed by atoms with van der Waals surface area (Å²) in [6.07, 6.45) is 1.09. The molecule has 16 heavy (non-hydrogen) atoms.